The van der Waals surface area contributed by atoms with Crippen molar-refractivity contribution in [2.24, 2.45) is 0 Å². The lowest BCUT2D eigenvalue weighted by atomic mass is 10.2. The van der Waals surface area contributed by atoms with Crippen molar-refractivity contribution in [3.63, 3.8) is 0 Å². The molecule has 1 rings (SSSR count). The van der Waals surface area contributed by atoms with E-state index in [4.69, 9.17) is 9.47 Å². The molecule has 0 aliphatic heterocycles. The van der Waals surface area contributed by atoms with E-state index < -0.39 is 11.7 Å². The number of hydrogen-bond acceptors (Lipinski definition) is 5. The summed E-state index contributed by atoms with van der Waals surface area (Å²) in [6.07, 6.45) is 2.37. The summed E-state index contributed by atoms with van der Waals surface area (Å²) < 4.78 is 11.4. The van der Waals surface area contributed by atoms with Crippen molar-refractivity contribution < 1.29 is 19.1 Å². The van der Waals surface area contributed by atoms with Crippen molar-refractivity contribution in [1.29, 1.82) is 0 Å². The largest absolute Gasteiger partial charge is 0.465 e. The Labute approximate surface area is 111 Å². The fraction of sp³-hybridized carbons (Fsp3) is 0.583. The van der Waals surface area contributed by atoms with Gasteiger partial charge in [-0.2, -0.15) is 0 Å². The van der Waals surface area contributed by atoms with Crippen LogP contribution in [0.3, 0.4) is 0 Å². The molecular weight excluding hydrogens is 250 g/mol. The lowest BCUT2D eigenvalue weighted by molar-refractivity contribution is -0.143. The Morgan fingerprint density at radius 2 is 2.11 bits per heavy atom. The zero-order valence-corrected chi connectivity index (χ0v) is 11.6. The second-order valence-electron chi connectivity index (χ2n) is 4.86. The molecule has 1 aromatic heterocycles. The van der Waals surface area contributed by atoms with Gasteiger partial charge in [0.1, 0.15) is 12.1 Å². The number of anilines is 1. The number of ether oxygens (including phenoxy) is 2. The van der Waals surface area contributed by atoms with E-state index in [2.05, 4.69) is 10.3 Å². The van der Waals surface area contributed by atoms with Gasteiger partial charge in [-0.05, 0) is 27.7 Å². The summed E-state index contributed by atoms with van der Waals surface area (Å²) in [7, 11) is 0. The summed E-state index contributed by atoms with van der Waals surface area (Å²) in [4.78, 5) is 26.7. The van der Waals surface area contributed by atoms with Gasteiger partial charge in [0.2, 0.25) is 0 Å². The average molecular weight is 269 g/mol. The zero-order valence-electron chi connectivity index (χ0n) is 11.6. The molecule has 7 nitrogen and oxygen atoms in total. The maximum absolute atomic E-state index is 11.5. The maximum Gasteiger partial charge on any atom is 0.413 e. The van der Waals surface area contributed by atoms with E-state index in [1.165, 1.54) is 17.1 Å². The van der Waals surface area contributed by atoms with E-state index in [1.54, 1.807) is 27.7 Å². The standard InChI is InChI=1S/C12H19N3O4/c1-5-18-10(16)7-15-6-9(13-8-15)14-11(17)19-12(2,3)4/h6,8H,5,7H2,1-4H3,(H,14,17). The van der Waals surface area contributed by atoms with E-state index >= 15 is 0 Å². The highest BCUT2D eigenvalue weighted by atomic mass is 16.6. The number of hydrogen-bond donors (Lipinski definition) is 1. The zero-order chi connectivity index (χ0) is 14.5. The minimum absolute atomic E-state index is 0.0524. The Hall–Kier alpha value is -2.05. The van der Waals surface area contributed by atoms with Gasteiger partial charge in [0.05, 0.1) is 12.9 Å². The first kappa shape index (κ1) is 15.0. The molecule has 0 aromatic carbocycles. The smallest absolute Gasteiger partial charge is 0.413 e. The molecule has 0 radical (unpaired) electrons. The number of carbonyl (C=O) groups is 2. The third-order valence-corrected chi connectivity index (χ3v) is 1.88. The quantitative estimate of drug-likeness (QED) is 0.843. The predicted octanol–water partition coefficient (Wildman–Crippen LogP) is 1.79. The molecule has 1 amide bonds. The second-order valence-corrected chi connectivity index (χ2v) is 4.86. The van der Waals surface area contributed by atoms with Gasteiger partial charge in [-0.1, -0.05) is 0 Å². The Morgan fingerprint density at radius 3 is 2.68 bits per heavy atom. The van der Waals surface area contributed by atoms with E-state index in [9.17, 15) is 9.59 Å². The van der Waals surface area contributed by atoms with Crippen LogP contribution >= 0.6 is 0 Å². The predicted molar refractivity (Wildman–Crippen MR) is 68.7 cm³/mol. The minimum Gasteiger partial charge on any atom is -0.465 e. The molecule has 0 fully saturated rings. The van der Waals surface area contributed by atoms with Gasteiger partial charge in [0.25, 0.3) is 0 Å². The van der Waals surface area contributed by atoms with E-state index in [0.717, 1.165) is 0 Å². The van der Waals surface area contributed by atoms with Crippen molar-refractivity contribution >= 4 is 17.9 Å². The molecule has 0 bridgehead atoms. The highest BCUT2D eigenvalue weighted by Gasteiger charge is 2.17. The van der Waals surface area contributed by atoms with Crippen LogP contribution in [0.4, 0.5) is 10.6 Å². The van der Waals surface area contributed by atoms with Crippen LogP contribution in [0.25, 0.3) is 0 Å². The topological polar surface area (TPSA) is 82.5 Å². The van der Waals surface area contributed by atoms with Gasteiger partial charge in [-0.3, -0.25) is 10.1 Å². The summed E-state index contributed by atoms with van der Waals surface area (Å²) in [5, 5.41) is 2.48. The molecule has 1 N–H and O–H groups in total. The summed E-state index contributed by atoms with van der Waals surface area (Å²) in [5.74, 6) is -0.0396. The number of nitrogens with zero attached hydrogens (tertiary/aromatic N) is 2. The van der Waals surface area contributed by atoms with Crippen LogP contribution < -0.4 is 5.32 Å². The Bertz CT molecular complexity index is 448. The first-order chi connectivity index (χ1) is 8.80. The SMILES string of the molecule is CCOC(=O)Cn1cnc(NC(=O)OC(C)(C)C)c1. The highest BCUT2D eigenvalue weighted by Crippen LogP contribution is 2.10. The minimum atomic E-state index is -0.589. The molecule has 0 saturated carbocycles. The normalized spacial score (nSPS) is 10.9. The van der Waals surface area contributed by atoms with Gasteiger partial charge >= 0.3 is 12.1 Å². The lowest BCUT2D eigenvalue weighted by Crippen LogP contribution is -2.27. The molecule has 0 spiro atoms. The number of aromatic nitrogens is 2. The molecule has 0 aliphatic rings. The Kier molecular flexibility index (Phi) is 4.91. The van der Waals surface area contributed by atoms with E-state index in [0.29, 0.717) is 12.4 Å². The van der Waals surface area contributed by atoms with Gasteiger partial charge in [0, 0.05) is 6.20 Å². The van der Waals surface area contributed by atoms with Gasteiger partial charge < -0.3 is 14.0 Å². The fourth-order valence-corrected chi connectivity index (χ4v) is 1.27. The summed E-state index contributed by atoms with van der Waals surface area (Å²) in [6.45, 7) is 7.43. The van der Waals surface area contributed by atoms with Crippen molar-refractivity contribution in [3.8, 4) is 0 Å². The van der Waals surface area contributed by atoms with Gasteiger partial charge in [0.15, 0.2) is 5.82 Å². The molecular formula is C12H19N3O4. The van der Waals surface area contributed by atoms with Crippen LogP contribution in [0.2, 0.25) is 0 Å². The summed E-state index contributed by atoms with van der Waals surface area (Å²) in [6, 6.07) is 0. The lowest BCUT2D eigenvalue weighted by Gasteiger charge is -2.19. The van der Waals surface area contributed by atoms with Crippen LogP contribution in [-0.4, -0.2) is 33.8 Å². The van der Waals surface area contributed by atoms with Crippen LogP contribution in [-0.2, 0) is 20.8 Å². The van der Waals surface area contributed by atoms with Gasteiger partial charge in [-0.15, -0.1) is 0 Å². The van der Waals surface area contributed by atoms with Crippen LogP contribution in [0, 0.1) is 0 Å². The molecule has 1 aromatic rings. The van der Waals surface area contributed by atoms with E-state index in [-0.39, 0.29) is 12.5 Å². The van der Waals surface area contributed by atoms with Crippen LogP contribution in [0.15, 0.2) is 12.5 Å². The van der Waals surface area contributed by atoms with Crippen LogP contribution in [0.5, 0.6) is 0 Å². The first-order valence-electron chi connectivity index (χ1n) is 5.97. The monoisotopic (exact) mass is 269 g/mol. The molecule has 106 valence electrons. The molecule has 19 heavy (non-hydrogen) atoms. The molecule has 0 aliphatic carbocycles. The van der Waals surface area contributed by atoms with Crippen molar-refractivity contribution in [2.75, 3.05) is 11.9 Å². The molecule has 7 heteroatoms. The van der Waals surface area contributed by atoms with Gasteiger partial charge in [-0.25, -0.2) is 9.78 Å². The number of imidazole rings is 1. The van der Waals surface area contributed by atoms with Crippen molar-refractivity contribution in [3.05, 3.63) is 12.5 Å². The van der Waals surface area contributed by atoms with Crippen molar-refractivity contribution in [2.45, 2.75) is 39.8 Å². The third-order valence-electron chi connectivity index (χ3n) is 1.88. The summed E-state index contributed by atoms with van der Waals surface area (Å²) in [5.41, 5.74) is -0.572. The number of amides is 1. The molecule has 0 saturated heterocycles. The van der Waals surface area contributed by atoms with Crippen LogP contribution in [0.1, 0.15) is 27.7 Å². The second kappa shape index (κ2) is 6.21. The fourth-order valence-electron chi connectivity index (χ4n) is 1.27. The third kappa shape index (κ3) is 5.89. The Morgan fingerprint density at radius 1 is 1.42 bits per heavy atom. The molecule has 0 atom stereocenters. The molecule has 0 unspecified atom stereocenters. The first-order valence-corrected chi connectivity index (χ1v) is 5.97. The average Bonchev–Trinajstić information content (AvgIpc) is 2.62. The number of esters is 1. The number of carbonyl (C=O) groups excluding carboxylic acids is 2. The van der Waals surface area contributed by atoms with E-state index in [1.807, 2.05) is 0 Å². The number of rotatable bonds is 4. The molecule has 1 heterocycles. The highest BCUT2D eigenvalue weighted by molar-refractivity contribution is 5.83. The maximum atomic E-state index is 11.5. The Balaban J connectivity index is 2.51. The number of nitrogens with one attached hydrogen (secondary N) is 1. The van der Waals surface area contributed by atoms with Crippen molar-refractivity contribution in [1.82, 2.24) is 9.55 Å². The summed E-state index contributed by atoms with van der Waals surface area (Å²) >= 11 is 0.